The molecule has 1 aliphatic heterocycles. The number of nitrogens with zero attached hydrogens (tertiary/aromatic N) is 3. The van der Waals surface area contributed by atoms with Crippen molar-refractivity contribution in [1.29, 1.82) is 0 Å². The maximum absolute atomic E-state index is 12.0. The number of piperazine rings is 1. The first kappa shape index (κ1) is 16.7. The van der Waals surface area contributed by atoms with Gasteiger partial charge in [-0.3, -0.25) is 4.79 Å². The van der Waals surface area contributed by atoms with Crippen LogP contribution in [0.15, 0.2) is 48.5 Å². The van der Waals surface area contributed by atoms with Crippen LogP contribution >= 0.6 is 0 Å². The van der Waals surface area contributed by atoms with Gasteiger partial charge in [0, 0.05) is 37.1 Å². The number of likely N-dealkylation sites (N-methyl/N-ethyl adjacent to an activating group) is 1. The van der Waals surface area contributed by atoms with E-state index in [-0.39, 0.29) is 0 Å². The van der Waals surface area contributed by atoms with E-state index in [4.69, 9.17) is 4.98 Å². The Morgan fingerprint density at radius 3 is 2.27 bits per heavy atom. The molecule has 0 atom stereocenters. The Labute approximate surface area is 154 Å². The first-order valence-corrected chi connectivity index (χ1v) is 9.06. The van der Waals surface area contributed by atoms with E-state index in [1.807, 2.05) is 30.3 Å². The molecule has 1 saturated heterocycles. The van der Waals surface area contributed by atoms with Gasteiger partial charge in [0.1, 0.15) is 5.82 Å². The van der Waals surface area contributed by atoms with Gasteiger partial charge in [-0.15, -0.1) is 0 Å². The summed E-state index contributed by atoms with van der Waals surface area (Å²) in [5, 5.41) is 2.01. The number of hydrogen-bond donors (Lipinski definition) is 0. The summed E-state index contributed by atoms with van der Waals surface area (Å²) in [6, 6.07) is 16.4. The van der Waals surface area contributed by atoms with Gasteiger partial charge in [-0.2, -0.15) is 0 Å². The summed E-state index contributed by atoms with van der Waals surface area (Å²) in [6.07, 6.45) is 0.963. The van der Waals surface area contributed by atoms with Crippen molar-refractivity contribution >= 4 is 22.9 Å². The van der Waals surface area contributed by atoms with Crippen LogP contribution in [0.25, 0.3) is 22.0 Å². The SMILES string of the molecule is Cc1ccccc1-c1nc(N2CCN(C)CC2)c(C=O)c2ccccc12. The molecule has 26 heavy (non-hydrogen) atoms. The summed E-state index contributed by atoms with van der Waals surface area (Å²) in [5.74, 6) is 0.810. The molecular formula is C22H23N3O. The minimum atomic E-state index is 0.697. The third-order valence-electron chi connectivity index (χ3n) is 5.25. The molecule has 132 valence electrons. The van der Waals surface area contributed by atoms with Gasteiger partial charge in [0.15, 0.2) is 6.29 Å². The highest BCUT2D eigenvalue weighted by atomic mass is 16.1. The maximum Gasteiger partial charge on any atom is 0.154 e. The van der Waals surface area contributed by atoms with E-state index >= 15 is 0 Å². The highest BCUT2D eigenvalue weighted by molar-refractivity contribution is 6.07. The van der Waals surface area contributed by atoms with Crippen molar-refractivity contribution in [2.75, 3.05) is 38.1 Å². The lowest BCUT2D eigenvalue weighted by molar-refractivity contribution is 0.112. The van der Waals surface area contributed by atoms with Gasteiger partial charge < -0.3 is 9.80 Å². The zero-order valence-corrected chi connectivity index (χ0v) is 15.3. The summed E-state index contributed by atoms with van der Waals surface area (Å²) < 4.78 is 0. The smallest absolute Gasteiger partial charge is 0.154 e. The molecule has 2 heterocycles. The Morgan fingerprint density at radius 1 is 0.923 bits per heavy atom. The average Bonchev–Trinajstić information content (AvgIpc) is 2.68. The molecule has 0 saturated carbocycles. The molecule has 0 aliphatic carbocycles. The number of aldehydes is 1. The van der Waals surface area contributed by atoms with E-state index in [0.29, 0.717) is 5.56 Å². The molecule has 4 heteroatoms. The minimum absolute atomic E-state index is 0.697. The van der Waals surface area contributed by atoms with Crippen molar-refractivity contribution in [3.05, 3.63) is 59.7 Å². The fourth-order valence-corrected chi connectivity index (χ4v) is 3.69. The van der Waals surface area contributed by atoms with E-state index in [1.54, 1.807) is 0 Å². The minimum Gasteiger partial charge on any atom is -0.353 e. The normalized spacial score (nSPS) is 15.4. The van der Waals surface area contributed by atoms with E-state index in [0.717, 1.165) is 60.3 Å². The summed E-state index contributed by atoms with van der Waals surface area (Å²) in [4.78, 5) is 21.6. The van der Waals surface area contributed by atoms with Crippen molar-refractivity contribution in [1.82, 2.24) is 9.88 Å². The molecule has 4 nitrogen and oxygen atoms in total. The second kappa shape index (κ2) is 6.89. The van der Waals surface area contributed by atoms with E-state index in [1.165, 1.54) is 5.56 Å². The van der Waals surface area contributed by atoms with Crippen molar-refractivity contribution in [2.45, 2.75) is 6.92 Å². The summed E-state index contributed by atoms with van der Waals surface area (Å²) in [5.41, 5.74) is 3.96. The lowest BCUT2D eigenvalue weighted by atomic mass is 9.97. The number of aromatic nitrogens is 1. The number of fused-ring (bicyclic) bond motifs is 1. The van der Waals surface area contributed by atoms with Gasteiger partial charge in [-0.05, 0) is 24.9 Å². The molecule has 3 aromatic rings. The maximum atomic E-state index is 12.0. The van der Waals surface area contributed by atoms with Crippen LogP contribution in [0.4, 0.5) is 5.82 Å². The molecule has 0 amide bonds. The topological polar surface area (TPSA) is 36.4 Å². The van der Waals surface area contributed by atoms with E-state index in [9.17, 15) is 4.79 Å². The van der Waals surface area contributed by atoms with Gasteiger partial charge in [0.2, 0.25) is 0 Å². The lowest BCUT2D eigenvalue weighted by Crippen LogP contribution is -2.45. The molecule has 0 radical (unpaired) electrons. The summed E-state index contributed by atoms with van der Waals surface area (Å²) in [7, 11) is 2.13. The predicted molar refractivity (Wildman–Crippen MR) is 107 cm³/mol. The Balaban J connectivity index is 1.97. The third kappa shape index (κ3) is 2.86. The van der Waals surface area contributed by atoms with Gasteiger partial charge in [0.05, 0.1) is 11.3 Å². The Kier molecular flexibility index (Phi) is 4.43. The van der Waals surface area contributed by atoms with Crippen molar-refractivity contribution < 1.29 is 4.79 Å². The summed E-state index contributed by atoms with van der Waals surface area (Å²) in [6.45, 7) is 5.83. The highest BCUT2D eigenvalue weighted by Gasteiger charge is 2.22. The number of benzene rings is 2. The molecule has 0 N–H and O–H groups in total. The number of rotatable bonds is 3. The van der Waals surface area contributed by atoms with Crippen LogP contribution in [0.3, 0.4) is 0 Å². The average molecular weight is 345 g/mol. The fourth-order valence-electron chi connectivity index (χ4n) is 3.69. The van der Waals surface area contributed by atoms with Gasteiger partial charge in [-0.25, -0.2) is 4.98 Å². The molecule has 1 aliphatic rings. The van der Waals surface area contributed by atoms with Gasteiger partial charge in [-0.1, -0.05) is 48.5 Å². The molecule has 2 aromatic carbocycles. The van der Waals surface area contributed by atoms with Gasteiger partial charge >= 0.3 is 0 Å². The zero-order valence-electron chi connectivity index (χ0n) is 15.3. The molecule has 0 unspecified atom stereocenters. The van der Waals surface area contributed by atoms with Crippen LogP contribution in [0, 0.1) is 6.92 Å². The van der Waals surface area contributed by atoms with Crippen LogP contribution in [-0.2, 0) is 0 Å². The summed E-state index contributed by atoms with van der Waals surface area (Å²) >= 11 is 0. The van der Waals surface area contributed by atoms with Crippen LogP contribution < -0.4 is 4.90 Å². The predicted octanol–water partition coefficient (Wildman–Crippen LogP) is 3.77. The molecule has 1 aromatic heterocycles. The lowest BCUT2D eigenvalue weighted by Gasteiger charge is -2.34. The van der Waals surface area contributed by atoms with Crippen LogP contribution in [0.5, 0.6) is 0 Å². The standard InChI is InChI=1S/C22H23N3O/c1-16-7-3-4-8-17(16)21-19-10-6-5-9-18(19)20(15-26)22(23-21)25-13-11-24(2)12-14-25/h3-10,15H,11-14H2,1-2H3. The molecule has 4 rings (SSSR count). The van der Waals surface area contributed by atoms with Crippen LogP contribution in [-0.4, -0.2) is 49.4 Å². The number of anilines is 1. The van der Waals surface area contributed by atoms with Crippen molar-refractivity contribution in [3.8, 4) is 11.3 Å². The molecular weight excluding hydrogens is 322 g/mol. The first-order valence-electron chi connectivity index (χ1n) is 9.06. The van der Waals surface area contributed by atoms with Crippen molar-refractivity contribution in [3.63, 3.8) is 0 Å². The number of carbonyl (C=O) groups is 1. The fraction of sp³-hybridized carbons (Fsp3) is 0.273. The monoisotopic (exact) mass is 345 g/mol. The van der Waals surface area contributed by atoms with E-state index < -0.39 is 0 Å². The molecule has 1 fully saturated rings. The second-order valence-corrected chi connectivity index (χ2v) is 6.97. The van der Waals surface area contributed by atoms with E-state index in [2.05, 4.69) is 42.0 Å². The largest absolute Gasteiger partial charge is 0.353 e. The Morgan fingerprint density at radius 2 is 1.58 bits per heavy atom. The Bertz CT molecular complexity index is 959. The second-order valence-electron chi connectivity index (χ2n) is 6.97. The Hall–Kier alpha value is -2.72. The highest BCUT2D eigenvalue weighted by Crippen LogP contribution is 2.35. The zero-order chi connectivity index (χ0) is 18.1. The molecule has 0 bridgehead atoms. The number of hydrogen-bond acceptors (Lipinski definition) is 4. The quantitative estimate of drug-likeness (QED) is 0.677. The van der Waals surface area contributed by atoms with Crippen molar-refractivity contribution in [2.24, 2.45) is 0 Å². The first-order chi connectivity index (χ1) is 12.7. The molecule has 0 spiro atoms. The van der Waals surface area contributed by atoms with Crippen LogP contribution in [0.1, 0.15) is 15.9 Å². The number of pyridine rings is 1. The van der Waals surface area contributed by atoms with Gasteiger partial charge in [0.25, 0.3) is 0 Å². The number of aryl methyl sites for hydroxylation is 1. The number of carbonyl (C=O) groups excluding carboxylic acids is 1. The van der Waals surface area contributed by atoms with Crippen LogP contribution in [0.2, 0.25) is 0 Å². The third-order valence-corrected chi connectivity index (χ3v) is 5.25.